The highest BCUT2D eigenvalue weighted by Gasteiger charge is 2.30. The number of nitrogens with zero attached hydrogens (tertiary/aromatic N) is 2. The lowest BCUT2D eigenvalue weighted by atomic mass is 9.84. The second kappa shape index (κ2) is 5.96. The molecule has 2 aliphatic rings. The van der Waals surface area contributed by atoms with Gasteiger partial charge < -0.3 is 15.6 Å². The van der Waals surface area contributed by atoms with Gasteiger partial charge in [-0.3, -0.25) is 4.79 Å². The van der Waals surface area contributed by atoms with Crippen LogP contribution in [0.25, 0.3) is 11.0 Å². The van der Waals surface area contributed by atoms with Gasteiger partial charge in [0.25, 0.3) is 5.91 Å². The minimum atomic E-state index is -0.410. The van der Waals surface area contributed by atoms with Crippen LogP contribution in [0.3, 0.4) is 0 Å². The van der Waals surface area contributed by atoms with Gasteiger partial charge in [-0.25, -0.2) is 4.98 Å². The van der Waals surface area contributed by atoms with Gasteiger partial charge in [0.2, 0.25) is 0 Å². The Balaban J connectivity index is 1.60. The second-order valence-corrected chi connectivity index (χ2v) is 6.95. The van der Waals surface area contributed by atoms with Crippen molar-refractivity contribution in [2.75, 3.05) is 13.1 Å². The molecule has 0 spiro atoms. The van der Waals surface area contributed by atoms with Gasteiger partial charge in [0, 0.05) is 12.0 Å². The molecule has 5 nitrogen and oxygen atoms in total. The predicted octanol–water partition coefficient (Wildman–Crippen LogP) is 2.78. The molecule has 1 aromatic heterocycles. The van der Waals surface area contributed by atoms with Crippen LogP contribution in [0.15, 0.2) is 18.2 Å². The first kappa shape index (κ1) is 14.7. The fraction of sp³-hybridized carbons (Fsp3) is 0.556. The minimum Gasteiger partial charge on any atom is -0.366 e. The molecule has 0 radical (unpaired) electrons. The molecule has 2 aromatic rings. The summed E-state index contributed by atoms with van der Waals surface area (Å²) in [6, 6.07) is 6.28. The smallest absolute Gasteiger partial charge is 0.250 e. The number of para-hydroxylation sites is 1. The molecule has 1 aliphatic heterocycles. The van der Waals surface area contributed by atoms with E-state index in [9.17, 15) is 4.79 Å². The molecule has 2 unspecified atom stereocenters. The molecule has 1 saturated heterocycles. The van der Waals surface area contributed by atoms with E-state index in [1.807, 2.05) is 12.1 Å². The number of aromatic amines is 1. The molecule has 23 heavy (non-hydrogen) atoms. The van der Waals surface area contributed by atoms with Crippen molar-refractivity contribution in [2.45, 2.75) is 50.5 Å². The summed E-state index contributed by atoms with van der Waals surface area (Å²) in [5.41, 5.74) is 7.62. The molecule has 4 rings (SSSR count). The van der Waals surface area contributed by atoms with Crippen molar-refractivity contribution in [3.8, 4) is 0 Å². The van der Waals surface area contributed by atoms with Crippen LogP contribution in [0, 0.1) is 0 Å². The van der Waals surface area contributed by atoms with E-state index in [1.54, 1.807) is 6.07 Å². The highest BCUT2D eigenvalue weighted by atomic mass is 16.1. The highest BCUT2D eigenvalue weighted by molar-refractivity contribution is 6.04. The number of primary amides is 1. The molecule has 5 heteroatoms. The van der Waals surface area contributed by atoms with Crippen LogP contribution in [-0.2, 0) is 0 Å². The van der Waals surface area contributed by atoms with Crippen molar-refractivity contribution in [2.24, 2.45) is 5.73 Å². The number of carbonyl (C=O) groups is 1. The van der Waals surface area contributed by atoms with Crippen molar-refractivity contribution < 1.29 is 4.79 Å². The maximum absolute atomic E-state index is 11.6. The maximum atomic E-state index is 11.6. The SMILES string of the molecule is NC(=O)c1cccc2[nH]c(C3CCCC(N4CCCC4)C3)nc12. The summed E-state index contributed by atoms with van der Waals surface area (Å²) >= 11 is 0. The number of aromatic nitrogens is 2. The number of benzene rings is 1. The molecular weight excluding hydrogens is 288 g/mol. The average Bonchev–Trinajstić information content (AvgIpc) is 3.23. The third-order valence-corrected chi connectivity index (χ3v) is 5.49. The lowest BCUT2D eigenvalue weighted by Crippen LogP contribution is -2.36. The normalized spacial score (nSPS) is 25.9. The van der Waals surface area contributed by atoms with E-state index >= 15 is 0 Å². The summed E-state index contributed by atoms with van der Waals surface area (Å²) in [4.78, 5) is 22.4. The van der Waals surface area contributed by atoms with Gasteiger partial charge in [0.15, 0.2) is 0 Å². The molecule has 1 saturated carbocycles. The maximum Gasteiger partial charge on any atom is 0.250 e. The van der Waals surface area contributed by atoms with Gasteiger partial charge in [-0.2, -0.15) is 0 Å². The van der Waals surface area contributed by atoms with E-state index < -0.39 is 5.91 Å². The topological polar surface area (TPSA) is 75.0 Å². The van der Waals surface area contributed by atoms with E-state index in [1.165, 1.54) is 51.6 Å². The first-order valence-electron chi connectivity index (χ1n) is 8.75. The third-order valence-electron chi connectivity index (χ3n) is 5.49. The Morgan fingerprint density at radius 3 is 2.83 bits per heavy atom. The number of hydrogen-bond acceptors (Lipinski definition) is 3. The van der Waals surface area contributed by atoms with Crippen LogP contribution < -0.4 is 5.73 Å². The Morgan fingerprint density at radius 1 is 1.22 bits per heavy atom. The molecule has 122 valence electrons. The number of nitrogens with one attached hydrogen (secondary N) is 1. The number of likely N-dealkylation sites (tertiary alicyclic amines) is 1. The molecule has 1 aliphatic carbocycles. The zero-order chi connectivity index (χ0) is 15.8. The van der Waals surface area contributed by atoms with E-state index in [2.05, 4.69) is 9.88 Å². The Morgan fingerprint density at radius 2 is 2.04 bits per heavy atom. The number of amides is 1. The molecular formula is C18H24N4O. The van der Waals surface area contributed by atoms with Crippen molar-refractivity contribution in [3.05, 3.63) is 29.6 Å². The number of fused-ring (bicyclic) bond motifs is 1. The van der Waals surface area contributed by atoms with Crippen LogP contribution in [0.5, 0.6) is 0 Å². The molecule has 0 bridgehead atoms. The lowest BCUT2D eigenvalue weighted by molar-refractivity contribution is 0.100. The fourth-order valence-corrected chi connectivity index (χ4v) is 4.29. The van der Waals surface area contributed by atoms with Crippen LogP contribution in [0.2, 0.25) is 0 Å². The fourth-order valence-electron chi connectivity index (χ4n) is 4.29. The van der Waals surface area contributed by atoms with Crippen molar-refractivity contribution in [1.82, 2.24) is 14.9 Å². The number of imidazole rings is 1. The quantitative estimate of drug-likeness (QED) is 0.915. The number of nitrogens with two attached hydrogens (primary N) is 1. The first-order chi connectivity index (χ1) is 11.2. The average molecular weight is 312 g/mol. The van der Waals surface area contributed by atoms with Crippen LogP contribution >= 0.6 is 0 Å². The summed E-state index contributed by atoms with van der Waals surface area (Å²) in [5, 5.41) is 0. The Hall–Kier alpha value is -1.88. The Labute approximate surface area is 136 Å². The summed E-state index contributed by atoms with van der Waals surface area (Å²) < 4.78 is 0. The van der Waals surface area contributed by atoms with Gasteiger partial charge in [-0.1, -0.05) is 12.5 Å². The van der Waals surface area contributed by atoms with Crippen molar-refractivity contribution in [3.63, 3.8) is 0 Å². The standard InChI is InChI=1S/C18H24N4O/c19-17(23)14-7-4-8-15-16(14)21-18(20-15)12-5-3-6-13(11-12)22-9-1-2-10-22/h4,7-8,12-13H,1-3,5-6,9-11H2,(H2,19,23)(H,20,21). The van der Waals surface area contributed by atoms with E-state index in [0.29, 0.717) is 17.5 Å². The largest absolute Gasteiger partial charge is 0.366 e. The molecule has 2 fully saturated rings. The minimum absolute atomic E-state index is 0.410. The van der Waals surface area contributed by atoms with E-state index in [-0.39, 0.29) is 0 Å². The lowest BCUT2D eigenvalue weighted by Gasteiger charge is -2.34. The second-order valence-electron chi connectivity index (χ2n) is 6.95. The van der Waals surface area contributed by atoms with Crippen LogP contribution in [0.1, 0.15) is 60.6 Å². The van der Waals surface area contributed by atoms with Gasteiger partial charge in [0.05, 0.1) is 11.1 Å². The number of rotatable bonds is 3. The van der Waals surface area contributed by atoms with Crippen LogP contribution in [-0.4, -0.2) is 39.9 Å². The van der Waals surface area contributed by atoms with Crippen LogP contribution in [0.4, 0.5) is 0 Å². The van der Waals surface area contributed by atoms with Crippen molar-refractivity contribution >= 4 is 16.9 Å². The third kappa shape index (κ3) is 2.74. The first-order valence-corrected chi connectivity index (χ1v) is 8.75. The molecule has 1 amide bonds. The van der Waals surface area contributed by atoms with Gasteiger partial charge >= 0.3 is 0 Å². The van der Waals surface area contributed by atoms with Gasteiger partial charge in [-0.05, 0) is 57.3 Å². The zero-order valence-electron chi connectivity index (χ0n) is 13.4. The summed E-state index contributed by atoms with van der Waals surface area (Å²) in [6.07, 6.45) is 7.60. The van der Waals surface area contributed by atoms with E-state index in [0.717, 1.165) is 16.9 Å². The predicted molar refractivity (Wildman–Crippen MR) is 90.4 cm³/mol. The molecule has 1 aromatic carbocycles. The molecule has 3 N–H and O–H groups in total. The monoisotopic (exact) mass is 312 g/mol. The van der Waals surface area contributed by atoms with E-state index in [4.69, 9.17) is 10.7 Å². The van der Waals surface area contributed by atoms with Crippen molar-refractivity contribution in [1.29, 1.82) is 0 Å². The number of carbonyl (C=O) groups excluding carboxylic acids is 1. The summed E-state index contributed by atoms with van der Waals surface area (Å²) in [6.45, 7) is 2.51. The molecule has 2 atom stereocenters. The Bertz CT molecular complexity index is 717. The number of H-pyrrole nitrogens is 1. The number of hydrogen-bond donors (Lipinski definition) is 2. The Kier molecular flexibility index (Phi) is 3.81. The van der Waals surface area contributed by atoms with Gasteiger partial charge in [-0.15, -0.1) is 0 Å². The summed E-state index contributed by atoms with van der Waals surface area (Å²) in [7, 11) is 0. The zero-order valence-corrected chi connectivity index (χ0v) is 13.4. The van der Waals surface area contributed by atoms with Gasteiger partial charge in [0.1, 0.15) is 11.3 Å². The summed E-state index contributed by atoms with van der Waals surface area (Å²) in [5.74, 6) is 1.08. The molecule has 2 heterocycles. The highest BCUT2D eigenvalue weighted by Crippen LogP contribution is 2.35.